The van der Waals surface area contributed by atoms with Gasteiger partial charge in [-0.25, -0.2) is 0 Å². The Balaban J connectivity index is 2.67. The molecule has 1 atom stereocenters. The summed E-state index contributed by atoms with van der Waals surface area (Å²) in [5, 5.41) is 3.43. The lowest BCUT2D eigenvalue weighted by Gasteiger charge is -2.19. The van der Waals surface area contributed by atoms with Crippen LogP contribution in [-0.2, 0) is 0 Å². The maximum atomic E-state index is 12.1. The summed E-state index contributed by atoms with van der Waals surface area (Å²) in [4.78, 5) is 0. The average molecular weight is 271 g/mol. The third-order valence-electron chi connectivity index (χ3n) is 2.99. The molecule has 1 N–H and O–H groups in total. The lowest BCUT2D eigenvalue weighted by Crippen LogP contribution is -2.21. The van der Waals surface area contributed by atoms with Crippen molar-refractivity contribution in [3.05, 3.63) is 29.8 Å². The van der Waals surface area contributed by atoms with Crippen molar-refractivity contribution in [1.82, 2.24) is 5.32 Å². The first kappa shape index (κ1) is 15.9. The SMILES string of the molecule is CCNC(CCC(C)C)c1ccc(OC(F)F)cc1. The van der Waals surface area contributed by atoms with Crippen molar-refractivity contribution in [3.8, 4) is 5.75 Å². The highest BCUT2D eigenvalue weighted by Gasteiger charge is 2.11. The molecule has 108 valence electrons. The zero-order chi connectivity index (χ0) is 14.3. The molecule has 0 aliphatic rings. The van der Waals surface area contributed by atoms with Crippen molar-refractivity contribution in [2.45, 2.75) is 46.3 Å². The number of alkyl halides is 2. The van der Waals surface area contributed by atoms with Crippen molar-refractivity contribution < 1.29 is 13.5 Å². The number of hydrogen-bond donors (Lipinski definition) is 1. The van der Waals surface area contributed by atoms with Crippen molar-refractivity contribution >= 4 is 0 Å². The molecule has 0 heterocycles. The fraction of sp³-hybridized carbons (Fsp3) is 0.600. The van der Waals surface area contributed by atoms with E-state index in [0.717, 1.165) is 24.9 Å². The number of rotatable bonds is 8. The number of ether oxygens (including phenoxy) is 1. The minimum Gasteiger partial charge on any atom is -0.435 e. The van der Waals surface area contributed by atoms with Crippen LogP contribution in [0.15, 0.2) is 24.3 Å². The zero-order valence-corrected chi connectivity index (χ0v) is 11.8. The van der Waals surface area contributed by atoms with Gasteiger partial charge in [-0.3, -0.25) is 0 Å². The smallest absolute Gasteiger partial charge is 0.387 e. The lowest BCUT2D eigenvalue weighted by atomic mass is 9.97. The van der Waals surface area contributed by atoms with E-state index in [1.165, 1.54) is 0 Å². The summed E-state index contributed by atoms with van der Waals surface area (Å²) in [5.74, 6) is 0.862. The normalized spacial score (nSPS) is 13.0. The Morgan fingerprint density at radius 1 is 1.11 bits per heavy atom. The highest BCUT2D eigenvalue weighted by atomic mass is 19.3. The fourth-order valence-electron chi connectivity index (χ4n) is 2.01. The Bertz CT molecular complexity index is 352. The largest absolute Gasteiger partial charge is 0.435 e. The van der Waals surface area contributed by atoms with Gasteiger partial charge in [-0.2, -0.15) is 8.78 Å². The molecule has 0 amide bonds. The molecular weight excluding hydrogens is 248 g/mol. The monoisotopic (exact) mass is 271 g/mol. The van der Waals surface area contributed by atoms with Gasteiger partial charge in [0, 0.05) is 6.04 Å². The van der Waals surface area contributed by atoms with E-state index < -0.39 is 6.61 Å². The van der Waals surface area contributed by atoms with Crippen molar-refractivity contribution in [2.75, 3.05) is 6.54 Å². The maximum absolute atomic E-state index is 12.1. The molecule has 0 fully saturated rings. The molecule has 0 aliphatic heterocycles. The van der Waals surface area contributed by atoms with E-state index in [0.29, 0.717) is 5.92 Å². The predicted molar refractivity (Wildman–Crippen MR) is 73.6 cm³/mol. The van der Waals surface area contributed by atoms with Gasteiger partial charge in [0.05, 0.1) is 0 Å². The third-order valence-corrected chi connectivity index (χ3v) is 2.99. The van der Waals surface area contributed by atoms with Crippen LogP contribution < -0.4 is 10.1 Å². The van der Waals surface area contributed by atoms with Gasteiger partial charge in [0.2, 0.25) is 0 Å². The molecule has 0 aromatic heterocycles. The summed E-state index contributed by atoms with van der Waals surface area (Å²) in [7, 11) is 0. The number of benzene rings is 1. The van der Waals surface area contributed by atoms with Crippen LogP contribution >= 0.6 is 0 Å². The summed E-state index contributed by atoms with van der Waals surface area (Å²) >= 11 is 0. The van der Waals surface area contributed by atoms with Gasteiger partial charge in [-0.05, 0) is 43.0 Å². The van der Waals surface area contributed by atoms with Gasteiger partial charge in [0.15, 0.2) is 0 Å². The summed E-state index contributed by atoms with van der Waals surface area (Å²) < 4.78 is 28.5. The predicted octanol–water partition coefficient (Wildman–Crippen LogP) is 4.37. The van der Waals surface area contributed by atoms with E-state index in [1.54, 1.807) is 12.1 Å². The molecule has 0 aliphatic carbocycles. The van der Waals surface area contributed by atoms with Gasteiger partial charge in [0.25, 0.3) is 0 Å². The first-order chi connectivity index (χ1) is 9.02. The van der Waals surface area contributed by atoms with E-state index in [-0.39, 0.29) is 11.8 Å². The first-order valence-corrected chi connectivity index (χ1v) is 6.81. The second kappa shape index (κ2) is 8.10. The molecule has 2 nitrogen and oxygen atoms in total. The second-order valence-corrected chi connectivity index (χ2v) is 5.03. The van der Waals surface area contributed by atoms with Gasteiger partial charge >= 0.3 is 6.61 Å². The van der Waals surface area contributed by atoms with Crippen LogP contribution in [0.25, 0.3) is 0 Å². The molecule has 0 spiro atoms. The molecule has 19 heavy (non-hydrogen) atoms. The Labute approximate surface area is 114 Å². The number of hydrogen-bond acceptors (Lipinski definition) is 2. The highest BCUT2D eigenvalue weighted by Crippen LogP contribution is 2.23. The molecule has 1 unspecified atom stereocenters. The molecule has 0 radical (unpaired) electrons. The van der Waals surface area contributed by atoms with E-state index in [4.69, 9.17) is 0 Å². The van der Waals surface area contributed by atoms with Crippen molar-refractivity contribution in [1.29, 1.82) is 0 Å². The molecule has 1 aromatic rings. The van der Waals surface area contributed by atoms with Crippen molar-refractivity contribution in [2.24, 2.45) is 5.92 Å². The molecule has 0 saturated carbocycles. The summed E-state index contributed by atoms with van der Waals surface area (Å²) in [6.07, 6.45) is 2.17. The Hall–Kier alpha value is -1.16. The standard InChI is InChI=1S/C15H23F2NO/c1-4-18-14(10-5-11(2)3)12-6-8-13(9-7-12)19-15(16)17/h6-9,11,14-15,18H,4-5,10H2,1-3H3. The summed E-state index contributed by atoms with van der Waals surface area (Å²) in [5.41, 5.74) is 1.11. The van der Waals surface area contributed by atoms with Crippen LogP contribution in [0.2, 0.25) is 0 Å². The summed E-state index contributed by atoms with van der Waals surface area (Å²) in [6, 6.07) is 7.17. The Morgan fingerprint density at radius 3 is 2.21 bits per heavy atom. The van der Waals surface area contributed by atoms with Crippen LogP contribution in [-0.4, -0.2) is 13.2 Å². The molecular formula is C15H23F2NO. The number of halogens is 2. The minimum absolute atomic E-state index is 0.206. The molecule has 0 bridgehead atoms. The van der Waals surface area contributed by atoms with E-state index >= 15 is 0 Å². The quantitative estimate of drug-likeness (QED) is 0.758. The molecule has 0 saturated heterocycles. The average Bonchev–Trinajstić information content (AvgIpc) is 2.34. The van der Waals surface area contributed by atoms with Crippen LogP contribution in [0.3, 0.4) is 0 Å². The molecule has 4 heteroatoms. The van der Waals surface area contributed by atoms with Crippen LogP contribution in [0.4, 0.5) is 8.78 Å². The topological polar surface area (TPSA) is 21.3 Å². The van der Waals surface area contributed by atoms with Gasteiger partial charge in [0.1, 0.15) is 5.75 Å². The minimum atomic E-state index is -2.77. The van der Waals surface area contributed by atoms with Gasteiger partial charge in [-0.1, -0.05) is 32.9 Å². The highest BCUT2D eigenvalue weighted by molar-refractivity contribution is 5.29. The fourth-order valence-corrected chi connectivity index (χ4v) is 2.01. The molecule has 1 rings (SSSR count). The Morgan fingerprint density at radius 2 is 1.74 bits per heavy atom. The van der Waals surface area contributed by atoms with E-state index in [1.807, 2.05) is 12.1 Å². The maximum Gasteiger partial charge on any atom is 0.387 e. The van der Waals surface area contributed by atoms with Gasteiger partial charge < -0.3 is 10.1 Å². The summed E-state index contributed by atoms with van der Waals surface area (Å²) in [6.45, 7) is 4.58. The van der Waals surface area contributed by atoms with E-state index in [9.17, 15) is 8.78 Å². The first-order valence-electron chi connectivity index (χ1n) is 6.81. The molecule has 1 aromatic carbocycles. The third kappa shape index (κ3) is 6.01. The second-order valence-electron chi connectivity index (χ2n) is 5.03. The lowest BCUT2D eigenvalue weighted by molar-refractivity contribution is -0.0498. The number of nitrogens with one attached hydrogen (secondary N) is 1. The van der Waals surface area contributed by atoms with Crippen LogP contribution in [0, 0.1) is 5.92 Å². The van der Waals surface area contributed by atoms with Gasteiger partial charge in [-0.15, -0.1) is 0 Å². The van der Waals surface area contributed by atoms with Crippen LogP contribution in [0.1, 0.15) is 45.2 Å². The Kier molecular flexibility index (Phi) is 6.78. The zero-order valence-electron chi connectivity index (χ0n) is 11.8. The van der Waals surface area contributed by atoms with Crippen molar-refractivity contribution in [3.63, 3.8) is 0 Å². The van der Waals surface area contributed by atoms with E-state index in [2.05, 4.69) is 30.8 Å². The van der Waals surface area contributed by atoms with Crippen LogP contribution in [0.5, 0.6) is 5.75 Å².